The molecule has 166 valence electrons. The number of pyridine rings is 1. The highest BCUT2D eigenvalue weighted by molar-refractivity contribution is 6.36. The van der Waals surface area contributed by atoms with Crippen LogP contribution < -0.4 is 10.1 Å². The lowest BCUT2D eigenvalue weighted by atomic mass is 10.0. The number of rotatable bonds is 7. The second-order valence-corrected chi connectivity index (χ2v) is 7.40. The van der Waals surface area contributed by atoms with Gasteiger partial charge in [0, 0.05) is 18.3 Å². The summed E-state index contributed by atoms with van der Waals surface area (Å²) in [7, 11) is 1.51. The summed E-state index contributed by atoms with van der Waals surface area (Å²) in [6.45, 7) is 1.89. The average molecular weight is 444 g/mol. The van der Waals surface area contributed by atoms with E-state index < -0.39 is 16.7 Å². The molecule has 0 saturated heterocycles. The van der Waals surface area contributed by atoms with Crippen molar-refractivity contribution in [3.8, 4) is 5.75 Å². The Morgan fingerprint density at radius 1 is 1.06 bits per heavy atom. The summed E-state index contributed by atoms with van der Waals surface area (Å²) in [5.41, 5.74) is 2.46. The summed E-state index contributed by atoms with van der Waals surface area (Å²) in [5, 5.41) is 14.1. The number of hydrogen-bond acceptors (Lipinski definition) is 7. The van der Waals surface area contributed by atoms with Crippen LogP contribution >= 0.6 is 0 Å². The van der Waals surface area contributed by atoms with Crippen molar-refractivity contribution in [3.05, 3.63) is 99.5 Å². The number of carbonyl (C=O) groups is 2. The SMILES string of the molecule is COc1ccc(C)cc1NC1=C(c2ccc([N+](=O)[O-])cc2)C(=O)N(Cc2ccccn2)C1=O. The van der Waals surface area contributed by atoms with Crippen molar-refractivity contribution in [2.24, 2.45) is 0 Å². The van der Waals surface area contributed by atoms with E-state index in [-0.39, 0.29) is 23.5 Å². The number of nitro benzene ring substituents is 1. The van der Waals surface area contributed by atoms with Crippen molar-refractivity contribution in [1.82, 2.24) is 9.88 Å². The molecule has 3 aromatic rings. The minimum Gasteiger partial charge on any atom is -0.495 e. The van der Waals surface area contributed by atoms with Crippen LogP contribution in [0.4, 0.5) is 11.4 Å². The number of amides is 2. The van der Waals surface area contributed by atoms with E-state index in [9.17, 15) is 19.7 Å². The zero-order valence-electron chi connectivity index (χ0n) is 17.9. The first-order valence-corrected chi connectivity index (χ1v) is 10.1. The molecule has 1 aromatic heterocycles. The molecule has 0 atom stereocenters. The quantitative estimate of drug-likeness (QED) is 0.336. The molecule has 1 N–H and O–H groups in total. The van der Waals surface area contributed by atoms with Gasteiger partial charge in [0.2, 0.25) is 0 Å². The molecule has 0 bridgehead atoms. The normalized spacial score (nSPS) is 13.5. The third-order valence-corrected chi connectivity index (χ3v) is 5.20. The highest BCUT2D eigenvalue weighted by atomic mass is 16.6. The van der Waals surface area contributed by atoms with Gasteiger partial charge < -0.3 is 10.1 Å². The van der Waals surface area contributed by atoms with Crippen LogP contribution in [0, 0.1) is 17.0 Å². The van der Waals surface area contributed by atoms with Crippen molar-refractivity contribution in [3.63, 3.8) is 0 Å². The summed E-state index contributed by atoms with van der Waals surface area (Å²) in [4.78, 5) is 42.6. The number of ether oxygens (including phenoxy) is 1. The first-order chi connectivity index (χ1) is 15.9. The van der Waals surface area contributed by atoms with Crippen molar-refractivity contribution >= 4 is 28.8 Å². The summed E-state index contributed by atoms with van der Waals surface area (Å²) in [6, 6.07) is 16.2. The maximum Gasteiger partial charge on any atom is 0.278 e. The Kier molecular flexibility index (Phi) is 5.86. The smallest absolute Gasteiger partial charge is 0.278 e. The number of nitrogens with one attached hydrogen (secondary N) is 1. The highest BCUT2D eigenvalue weighted by Gasteiger charge is 2.39. The third-order valence-electron chi connectivity index (χ3n) is 5.20. The largest absolute Gasteiger partial charge is 0.495 e. The molecule has 9 nitrogen and oxygen atoms in total. The molecular formula is C24H20N4O5. The van der Waals surface area contributed by atoms with Gasteiger partial charge in [0.25, 0.3) is 17.5 Å². The van der Waals surface area contributed by atoms with Crippen LogP contribution in [0.2, 0.25) is 0 Å². The van der Waals surface area contributed by atoms with Gasteiger partial charge in [0.15, 0.2) is 0 Å². The fourth-order valence-corrected chi connectivity index (χ4v) is 3.56. The molecule has 2 aromatic carbocycles. The lowest BCUT2D eigenvalue weighted by Crippen LogP contribution is -2.32. The first-order valence-electron chi connectivity index (χ1n) is 10.1. The molecule has 33 heavy (non-hydrogen) atoms. The zero-order valence-corrected chi connectivity index (χ0v) is 17.9. The number of non-ortho nitro benzene ring substituents is 1. The van der Waals surface area contributed by atoms with Gasteiger partial charge in [0.1, 0.15) is 11.4 Å². The van der Waals surface area contributed by atoms with E-state index in [4.69, 9.17) is 4.74 Å². The Bertz CT molecular complexity index is 1270. The number of nitrogens with zero attached hydrogens (tertiary/aromatic N) is 3. The maximum absolute atomic E-state index is 13.4. The lowest BCUT2D eigenvalue weighted by molar-refractivity contribution is -0.384. The van der Waals surface area contributed by atoms with Gasteiger partial charge in [-0.3, -0.25) is 29.6 Å². The molecule has 0 aliphatic carbocycles. The van der Waals surface area contributed by atoms with Gasteiger partial charge in [-0.25, -0.2) is 0 Å². The van der Waals surface area contributed by atoms with E-state index in [1.54, 1.807) is 36.5 Å². The number of imide groups is 1. The number of carbonyl (C=O) groups excluding carboxylic acids is 2. The number of benzene rings is 2. The summed E-state index contributed by atoms with van der Waals surface area (Å²) >= 11 is 0. The van der Waals surface area contributed by atoms with Crippen molar-refractivity contribution in [1.29, 1.82) is 0 Å². The van der Waals surface area contributed by atoms with Gasteiger partial charge in [-0.05, 0) is 54.4 Å². The van der Waals surface area contributed by atoms with Gasteiger partial charge in [0.05, 0.1) is 35.5 Å². The Morgan fingerprint density at radius 2 is 1.82 bits per heavy atom. The number of methoxy groups -OCH3 is 1. The summed E-state index contributed by atoms with van der Waals surface area (Å²) in [5.74, 6) is -0.546. The molecule has 0 unspecified atom stereocenters. The zero-order chi connectivity index (χ0) is 23.5. The molecule has 2 amide bonds. The fourth-order valence-electron chi connectivity index (χ4n) is 3.56. The minimum atomic E-state index is -0.525. The number of aromatic nitrogens is 1. The third kappa shape index (κ3) is 4.29. The topological polar surface area (TPSA) is 115 Å². The Labute approximate surface area is 189 Å². The van der Waals surface area contributed by atoms with Gasteiger partial charge in [-0.15, -0.1) is 0 Å². The molecular weight excluding hydrogens is 424 g/mol. The predicted molar refractivity (Wildman–Crippen MR) is 121 cm³/mol. The Hall–Kier alpha value is -4.53. The standard InChI is InChI=1S/C24H20N4O5/c1-15-6-11-20(33-2)19(13-15)26-22-21(16-7-9-18(10-8-16)28(31)32)23(29)27(24(22)30)14-17-5-3-4-12-25-17/h3-13,26H,14H2,1-2H3. The molecule has 9 heteroatoms. The van der Waals surface area contributed by atoms with E-state index >= 15 is 0 Å². The maximum atomic E-state index is 13.4. The average Bonchev–Trinajstić information content (AvgIpc) is 3.04. The Morgan fingerprint density at radius 3 is 2.45 bits per heavy atom. The molecule has 2 heterocycles. The lowest BCUT2D eigenvalue weighted by Gasteiger charge is -2.15. The number of aryl methyl sites for hydroxylation is 1. The van der Waals surface area contributed by atoms with E-state index in [0.717, 1.165) is 10.5 Å². The van der Waals surface area contributed by atoms with Crippen molar-refractivity contribution in [2.45, 2.75) is 13.5 Å². The first kappa shape index (κ1) is 21.7. The molecule has 0 fully saturated rings. The van der Waals surface area contributed by atoms with Crippen molar-refractivity contribution in [2.75, 3.05) is 12.4 Å². The molecule has 1 aliphatic heterocycles. The predicted octanol–water partition coefficient (Wildman–Crippen LogP) is 3.70. The summed E-state index contributed by atoms with van der Waals surface area (Å²) < 4.78 is 5.40. The van der Waals surface area contributed by atoms with E-state index in [0.29, 0.717) is 22.7 Å². The van der Waals surface area contributed by atoms with Crippen molar-refractivity contribution < 1.29 is 19.2 Å². The van der Waals surface area contributed by atoms with Crippen LogP contribution in [0.1, 0.15) is 16.8 Å². The minimum absolute atomic E-state index is 0.00881. The van der Waals surface area contributed by atoms with Crippen LogP contribution in [0.3, 0.4) is 0 Å². The van der Waals surface area contributed by atoms with Crippen LogP contribution in [0.25, 0.3) is 5.57 Å². The van der Waals surface area contributed by atoms with E-state index in [1.807, 2.05) is 13.0 Å². The molecule has 0 radical (unpaired) electrons. The second-order valence-electron chi connectivity index (χ2n) is 7.40. The molecule has 4 rings (SSSR count). The molecule has 0 saturated carbocycles. The second kappa shape index (κ2) is 8.91. The van der Waals surface area contributed by atoms with E-state index in [2.05, 4.69) is 10.3 Å². The number of anilines is 1. The Balaban J connectivity index is 1.79. The number of nitro groups is 1. The molecule has 1 aliphatic rings. The van der Waals surface area contributed by atoms with E-state index in [1.165, 1.54) is 31.4 Å². The van der Waals surface area contributed by atoms with Gasteiger partial charge >= 0.3 is 0 Å². The monoisotopic (exact) mass is 444 g/mol. The number of hydrogen-bond donors (Lipinski definition) is 1. The van der Waals surface area contributed by atoms with Crippen LogP contribution in [-0.2, 0) is 16.1 Å². The van der Waals surface area contributed by atoms with Crippen LogP contribution in [0.5, 0.6) is 5.75 Å². The summed E-state index contributed by atoms with van der Waals surface area (Å²) in [6.07, 6.45) is 1.59. The molecule has 0 spiro atoms. The van der Waals surface area contributed by atoms with Crippen LogP contribution in [-0.4, -0.2) is 33.7 Å². The van der Waals surface area contributed by atoms with Gasteiger partial charge in [-0.2, -0.15) is 0 Å². The van der Waals surface area contributed by atoms with Gasteiger partial charge in [-0.1, -0.05) is 12.1 Å². The fraction of sp³-hybridized carbons (Fsp3) is 0.125. The van der Waals surface area contributed by atoms with Crippen LogP contribution in [0.15, 0.2) is 72.6 Å². The highest BCUT2D eigenvalue weighted by Crippen LogP contribution is 2.34.